The third kappa shape index (κ3) is 4.56. The summed E-state index contributed by atoms with van der Waals surface area (Å²) in [5.74, 6) is -0.282. The zero-order valence-corrected chi connectivity index (χ0v) is 15.2. The Morgan fingerprint density at radius 1 is 1.00 bits per heavy atom. The Morgan fingerprint density at radius 3 is 1.91 bits per heavy atom. The summed E-state index contributed by atoms with van der Waals surface area (Å²) in [6.07, 6.45) is 0. The van der Waals surface area contributed by atoms with Crippen LogP contribution in [0.25, 0.3) is 0 Å². The monoisotopic (exact) mass is 383 g/mol. The number of hydrogen-bond donors (Lipinski definition) is 1. The van der Waals surface area contributed by atoms with Crippen LogP contribution in [0.3, 0.4) is 0 Å². The second kappa shape index (κ2) is 7.13. The van der Waals surface area contributed by atoms with E-state index in [1.165, 1.54) is 12.1 Å². The smallest absolute Gasteiger partial charge is 0.136 e. The Kier molecular flexibility index (Phi) is 5.66. The highest BCUT2D eigenvalue weighted by Crippen LogP contribution is 2.27. The summed E-state index contributed by atoms with van der Waals surface area (Å²) >= 11 is 2.18. The molecule has 0 aromatic heterocycles. The average Bonchev–Trinajstić information content (AvgIpc) is 2.46. The molecule has 2 atom stereocenters. The molecule has 0 spiro atoms. The van der Waals surface area contributed by atoms with Crippen molar-refractivity contribution in [2.24, 2.45) is 0 Å². The van der Waals surface area contributed by atoms with Crippen LogP contribution in [0.2, 0.25) is 0 Å². The Balaban J connectivity index is 2.36. The Hall–Kier alpha value is -0.880. The van der Waals surface area contributed by atoms with Gasteiger partial charge in [0.2, 0.25) is 0 Å². The molecule has 22 heavy (non-hydrogen) atoms. The zero-order valence-electron chi connectivity index (χ0n) is 12.8. The van der Waals surface area contributed by atoms with Crippen molar-refractivity contribution in [3.8, 4) is 0 Å². The quantitative estimate of drug-likeness (QED) is 0.774. The molecule has 0 aliphatic carbocycles. The molecular formula is C17H19BrFNOS. The van der Waals surface area contributed by atoms with Gasteiger partial charge in [0.25, 0.3) is 0 Å². The van der Waals surface area contributed by atoms with Crippen LogP contribution in [0.4, 0.5) is 4.39 Å². The topological polar surface area (TPSA) is 35.1 Å². The van der Waals surface area contributed by atoms with Gasteiger partial charge in [-0.1, -0.05) is 40.2 Å². The summed E-state index contributed by atoms with van der Waals surface area (Å²) in [7, 11) is 0. The second-order valence-electron chi connectivity index (χ2n) is 6.04. The summed E-state index contributed by atoms with van der Waals surface area (Å²) in [4.78, 5) is 0. The van der Waals surface area contributed by atoms with Gasteiger partial charge in [-0.2, -0.15) is 0 Å². The maximum Gasteiger partial charge on any atom is 0.136 e. The van der Waals surface area contributed by atoms with E-state index in [1.54, 1.807) is 12.1 Å². The molecule has 0 unspecified atom stereocenters. The maximum absolute atomic E-state index is 13.2. The largest absolute Gasteiger partial charge is 0.598 e. The molecule has 0 bridgehead atoms. The van der Waals surface area contributed by atoms with E-state index in [-0.39, 0.29) is 16.6 Å². The first-order valence-corrected chi connectivity index (χ1v) is 8.90. The van der Waals surface area contributed by atoms with E-state index < -0.39 is 11.4 Å². The van der Waals surface area contributed by atoms with Gasteiger partial charge in [0, 0.05) is 15.8 Å². The minimum atomic E-state index is -1.23. The molecule has 0 saturated carbocycles. The van der Waals surface area contributed by atoms with Crippen LogP contribution in [0.1, 0.15) is 37.9 Å². The minimum absolute atomic E-state index is 0.256. The average molecular weight is 384 g/mol. The summed E-state index contributed by atoms with van der Waals surface area (Å²) in [5, 5.41) is 0. The molecular weight excluding hydrogens is 365 g/mol. The van der Waals surface area contributed by atoms with Crippen molar-refractivity contribution < 1.29 is 8.94 Å². The van der Waals surface area contributed by atoms with Gasteiger partial charge in [0.15, 0.2) is 0 Å². The van der Waals surface area contributed by atoms with E-state index in [0.717, 1.165) is 15.6 Å². The van der Waals surface area contributed by atoms with Gasteiger partial charge in [0.1, 0.15) is 16.6 Å². The maximum atomic E-state index is 13.2. The van der Waals surface area contributed by atoms with Gasteiger partial charge in [-0.25, -0.2) is 4.39 Å². The number of benzene rings is 2. The Bertz CT molecular complexity index is 565. The van der Waals surface area contributed by atoms with Crippen molar-refractivity contribution >= 4 is 27.3 Å². The summed E-state index contributed by atoms with van der Waals surface area (Å²) in [6.45, 7) is 5.75. The summed E-state index contributed by atoms with van der Waals surface area (Å²) in [5.41, 5.74) is 1.86. The molecule has 0 aliphatic rings. The minimum Gasteiger partial charge on any atom is -0.598 e. The SMILES string of the molecule is CC(C)(C)[S@@+]([O-])N[C@H](c1ccc(F)cc1)c1ccc(Br)cc1. The highest BCUT2D eigenvalue weighted by molar-refractivity contribution is 9.10. The molecule has 2 aromatic rings. The first kappa shape index (κ1) is 17.5. The van der Waals surface area contributed by atoms with E-state index in [0.29, 0.717) is 0 Å². The van der Waals surface area contributed by atoms with E-state index in [4.69, 9.17) is 0 Å². The van der Waals surface area contributed by atoms with Gasteiger partial charge in [0.05, 0.1) is 0 Å². The number of nitrogens with one attached hydrogen (secondary N) is 1. The standard InChI is InChI=1S/C17H19BrFNOS/c1-17(2,3)22(21)20-16(12-4-8-14(18)9-5-12)13-6-10-15(19)11-7-13/h4-11,16,20H,1-3H3/t16-,22+/m0/s1. The first-order valence-electron chi connectivity index (χ1n) is 6.96. The van der Waals surface area contributed by atoms with Gasteiger partial charge in [-0.05, 0) is 56.2 Å². The van der Waals surface area contributed by atoms with Crippen molar-refractivity contribution in [1.82, 2.24) is 4.72 Å². The molecule has 0 saturated heterocycles. The lowest BCUT2D eigenvalue weighted by Gasteiger charge is -2.28. The molecule has 118 valence electrons. The fourth-order valence-electron chi connectivity index (χ4n) is 1.92. The van der Waals surface area contributed by atoms with Crippen molar-refractivity contribution in [2.75, 3.05) is 0 Å². The van der Waals surface area contributed by atoms with Gasteiger partial charge in [-0.15, -0.1) is 4.72 Å². The van der Waals surface area contributed by atoms with E-state index in [1.807, 2.05) is 45.0 Å². The lowest BCUT2D eigenvalue weighted by molar-refractivity contribution is 0.535. The third-order valence-corrected chi connectivity index (χ3v) is 5.28. The molecule has 0 fully saturated rings. The van der Waals surface area contributed by atoms with Crippen LogP contribution in [0.5, 0.6) is 0 Å². The second-order valence-corrected chi connectivity index (χ2v) is 8.95. The highest BCUT2D eigenvalue weighted by atomic mass is 79.9. The molecule has 1 N–H and O–H groups in total. The molecule has 0 aliphatic heterocycles. The van der Waals surface area contributed by atoms with Crippen molar-refractivity contribution in [3.63, 3.8) is 0 Å². The predicted molar refractivity (Wildman–Crippen MR) is 93.4 cm³/mol. The summed E-state index contributed by atoms with van der Waals surface area (Å²) in [6, 6.07) is 13.8. The molecule has 2 aromatic carbocycles. The molecule has 2 nitrogen and oxygen atoms in total. The molecule has 0 amide bonds. The van der Waals surface area contributed by atoms with Gasteiger partial charge < -0.3 is 4.55 Å². The van der Waals surface area contributed by atoms with Crippen LogP contribution in [-0.4, -0.2) is 9.30 Å². The summed E-state index contributed by atoms with van der Waals surface area (Å²) < 4.78 is 29.4. The van der Waals surface area contributed by atoms with Crippen molar-refractivity contribution in [2.45, 2.75) is 31.6 Å². The lowest BCUT2D eigenvalue weighted by atomic mass is 10.00. The van der Waals surface area contributed by atoms with Crippen LogP contribution < -0.4 is 4.72 Å². The van der Waals surface area contributed by atoms with Gasteiger partial charge >= 0.3 is 0 Å². The van der Waals surface area contributed by atoms with Crippen LogP contribution in [0.15, 0.2) is 53.0 Å². The Labute approximate surface area is 142 Å². The zero-order chi connectivity index (χ0) is 16.3. The lowest BCUT2D eigenvalue weighted by Crippen LogP contribution is -2.41. The van der Waals surface area contributed by atoms with E-state index in [2.05, 4.69) is 20.7 Å². The van der Waals surface area contributed by atoms with Crippen molar-refractivity contribution in [3.05, 3.63) is 69.9 Å². The molecule has 0 heterocycles. The van der Waals surface area contributed by atoms with Gasteiger partial charge in [-0.3, -0.25) is 0 Å². The highest BCUT2D eigenvalue weighted by Gasteiger charge is 2.30. The normalized spacial score (nSPS) is 14.6. The number of halogens is 2. The first-order chi connectivity index (χ1) is 10.3. The van der Waals surface area contributed by atoms with Crippen LogP contribution in [-0.2, 0) is 11.4 Å². The van der Waals surface area contributed by atoms with E-state index in [9.17, 15) is 8.94 Å². The molecule has 0 radical (unpaired) electrons. The van der Waals surface area contributed by atoms with Crippen LogP contribution >= 0.6 is 15.9 Å². The number of rotatable bonds is 4. The number of hydrogen-bond acceptors (Lipinski definition) is 2. The van der Waals surface area contributed by atoms with E-state index >= 15 is 0 Å². The third-order valence-electron chi connectivity index (χ3n) is 3.19. The molecule has 5 heteroatoms. The Morgan fingerprint density at radius 2 is 1.45 bits per heavy atom. The fraction of sp³-hybridized carbons (Fsp3) is 0.294. The predicted octanol–water partition coefficient (Wildman–Crippen LogP) is 4.73. The molecule has 2 rings (SSSR count). The fourth-order valence-corrected chi connectivity index (χ4v) is 3.03. The van der Waals surface area contributed by atoms with Crippen molar-refractivity contribution in [1.29, 1.82) is 0 Å². The van der Waals surface area contributed by atoms with Crippen LogP contribution in [0, 0.1) is 5.82 Å².